The van der Waals surface area contributed by atoms with Crippen molar-refractivity contribution < 1.29 is 13.2 Å². The zero-order valence-electron chi connectivity index (χ0n) is 17.7. The average molecular weight is 427 g/mol. The molecular formula is C24H30N2O3S. The highest BCUT2D eigenvalue weighted by molar-refractivity contribution is 7.89. The minimum Gasteiger partial charge on any atom is -0.349 e. The number of nitrogens with one attached hydrogen (secondary N) is 1. The molecule has 1 atom stereocenters. The van der Waals surface area contributed by atoms with E-state index in [0.29, 0.717) is 30.8 Å². The lowest BCUT2D eigenvalue weighted by molar-refractivity contribution is -0.127. The highest BCUT2D eigenvalue weighted by atomic mass is 32.2. The van der Waals surface area contributed by atoms with Crippen molar-refractivity contribution in [3.8, 4) is 0 Å². The van der Waals surface area contributed by atoms with Crippen LogP contribution >= 0.6 is 0 Å². The van der Waals surface area contributed by atoms with Gasteiger partial charge in [0.05, 0.1) is 10.9 Å². The quantitative estimate of drug-likeness (QED) is 0.806. The predicted molar refractivity (Wildman–Crippen MR) is 118 cm³/mol. The number of piperidine rings is 1. The van der Waals surface area contributed by atoms with E-state index in [4.69, 9.17) is 0 Å². The smallest absolute Gasteiger partial charge is 0.243 e. The second-order valence-corrected chi connectivity index (χ2v) is 10.5. The van der Waals surface area contributed by atoms with E-state index in [-0.39, 0.29) is 17.9 Å². The summed E-state index contributed by atoms with van der Waals surface area (Å²) >= 11 is 0. The number of hydrogen-bond acceptors (Lipinski definition) is 3. The molecule has 6 heteroatoms. The Kier molecular flexibility index (Phi) is 5.98. The Morgan fingerprint density at radius 3 is 2.47 bits per heavy atom. The molecule has 0 saturated carbocycles. The van der Waals surface area contributed by atoms with Gasteiger partial charge in [-0.2, -0.15) is 4.31 Å². The van der Waals surface area contributed by atoms with Crippen molar-refractivity contribution in [3.63, 3.8) is 0 Å². The maximum absolute atomic E-state index is 13.0. The van der Waals surface area contributed by atoms with Crippen LogP contribution < -0.4 is 5.32 Å². The van der Waals surface area contributed by atoms with Crippen LogP contribution in [0.3, 0.4) is 0 Å². The molecule has 1 aliphatic carbocycles. The lowest BCUT2D eigenvalue weighted by Gasteiger charge is -2.32. The first-order chi connectivity index (χ1) is 14.4. The SMILES string of the molecule is Cc1ccc(S(=O)(=O)N2CCC(C(=O)NC3CCCc4ccccc43)CC2)cc1C. The van der Waals surface area contributed by atoms with E-state index in [9.17, 15) is 13.2 Å². The molecule has 1 unspecified atom stereocenters. The summed E-state index contributed by atoms with van der Waals surface area (Å²) in [6.07, 6.45) is 4.23. The molecule has 1 fully saturated rings. The number of hydrogen-bond donors (Lipinski definition) is 1. The third-order valence-corrected chi connectivity index (χ3v) is 8.52. The van der Waals surface area contributed by atoms with Crippen LogP contribution in [-0.4, -0.2) is 31.7 Å². The summed E-state index contributed by atoms with van der Waals surface area (Å²) < 4.78 is 27.5. The molecule has 1 amide bonds. The minimum atomic E-state index is -3.52. The number of aryl methyl sites for hydroxylation is 3. The summed E-state index contributed by atoms with van der Waals surface area (Å²) in [5.41, 5.74) is 4.60. The number of carbonyl (C=O) groups is 1. The molecule has 2 aromatic rings. The fraction of sp³-hybridized carbons (Fsp3) is 0.458. The van der Waals surface area contributed by atoms with E-state index in [1.807, 2.05) is 26.0 Å². The molecule has 2 aliphatic rings. The number of benzene rings is 2. The molecule has 2 aromatic carbocycles. The first-order valence-corrected chi connectivity index (χ1v) is 12.3. The maximum Gasteiger partial charge on any atom is 0.243 e. The molecule has 30 heavy (non-hydrogen) atoms. The van der Waals surface area contributed by atoms with Crippen LogP contribution in [0.25, 0.3) is 0 Å². The van der Waals surface area contributed by atoms with Gasteiger partial charge in [0.15, 0.2) is 0 Å². The Labute approximate surface area is 179 Å². The van der Waals surface area contributed by atoms with Gasteiger partial charge < -0.3 is 5.32 Å². The molecule has 0 radical (unpaired) electrons. The molecule has 5 nitrogen and oxygen atoms in total. The zero-order chi connectivity index (χ0) is 21.3. The molecule has 160 valence electrons. The summed E-state index contributed by atoms with van der Waals surface area (Å²) in [5.74, 6) is -0.0785. The van der Waals surface area contributed by atoms with E-state index < -0.39 is 10.0 Å². The third kappa shape index (κ3) is 4.16. The zero-order valence-corrected chi connectivity index (χ0v) is 18.5. The fourth-order valence-corrected chi connectivity index (χ4v) is 6.13. The standard InChI is InChI=1S/C24H30N2O3S/c1-17-10-11-21(16-18(17)2)30(28,29)26-14-12-20(13-15-26)24(27)25-23-9-5-7-19-6-3-4-8-22(19)23/h3-4,6,8,10-11,16,20,23H,5,7,9,12-15H2,1-2H3,(H,25,27). The van der Waals surface area contributed by atoms with Gasteiger partial charge in [-0.1, -0.05) is 30.3 Å². The minimum absolute atomic E-state index is 0.0555. The van der Waals surface area contributed by atoms with Crippen LogP contribution in [0, 0.1) is 19.8 Å². The molecule has 1 N–H and O–H groups in total. The second-order valence-electron chi connectivity index (χ2n) is 8.58. The number of amides is 1. The van der Waals surface area contributed by atoms with Gasteiger partial charge in [0.2, 0.25) is 15.9 Å². The van der Waals surface area contributed by atoms with E-state index in [2.05, 4.69) is 23.5 Å². The summed E-state index contributed by atoms with van der Waals surface area (Å²) in [5, 5.41) is 3.24. The largest absolute Gasteiger partial charge is 0.349 e. The van der Waals surface area contributed by atoms with Crippen LogP contribution in [-0.2, 0) is 21.2 Å². The second kappa shape index (κ2) is 8.52. The number of sulfonamides is 1. The Morgan fingerprint density at radius 1 is 1.00 bits per heavy atom. The highest BCUT2D eigenvalue weighted by Crippen LogP contribution is 2.31. The van der Waals surface area contributed by atoms with Gasteiger partial charge in [-0.3, -0.25) is 4.79 Å². The topological polar surface area (TPSA) is 66.5 Å². The summed E-state index contributed by atoms with van der Waals surface area (Å²) in [7, 11) is -3.52. The van der Waals surface area contributed by atoms with E-state index in [0.717, 1.165) is 30.4 Å². The van der Waals surface area contributed by atoms with E-state index >= 15 is 0 Å². The fourth-order valence-electron chi connectivity index (χ4n) is 4.58. The molecular weight excluding hydrogens is 396 g/mol. The summed E-state index contributed by atoms with van der Waals surface area (Å²) in [6.45, 7) is 4.66. The molecule has 1 saturated heterocycles. The van der Waals surface area contributed by atoms with Gasteiger partial charge in [0, 0.05) is 19.0 Å². The molecule has 1 heterocycles. The normalized spacial score (nSPS) is 20.5. The van der Waals surface area contributed by atoms with Gasteiger partial charge in [-0.15, -0.1) is 0 Å². The van der Waals surface area contributed by atoms with E-state index in [1.165, 1.54) is 15.4 Å². The van der Waals surface area contributed by atoms with Crippen LogP contribution in [0.15, 0.2) is 47.4 Å². The van der Waals surface area contributed by atoms with Gasteiger partial charge in [-0.05, 0) is 80.3 Å². The monoisotopic (exact) mass is 426 g/mol. The van der Waals surface area contributed by atoms with Crippen LogP contribution in [0.2, 0.25) is 0 Å². The van der Waals surface area contributed by atoms with Crippen molar-refractivity contribution in [1.29, 1.82) is 0 Å². The maximum atomic E-state index is 13.0. The summed E-state index contributed by atoms with van der Waals surface area (Å²) in [4.78, 5) is 13.2. The third-order valence-electron chi connectivity index (χ3n) is 6.63. The van der Waals surface area contributed by atoms with Gasteiger partial charge in [0.1, 0.15) is 0 Å². The number of fused-ring (bicyclic) bond motifs is 1. The molecule has 0 bridgehead atoms. The molecule has 1 aliphatic heterocycles. The van der Waals surface area contributed by atoms with Crippen molar-refractivity contribution in [2.45, 2.75) is 56.9 Å². The first-order valence-electron chi connectivity index (χ1n) is 10.8. The Hall–Kier alpha value is -2.18. The molecule has 4 rings (SSSR count). The van der Waals surface area contributed by atoms with Crippen molar-refractivity contribution >= 4 is 15.9 Å². The van der Waals surface area contributed by atoms with Crippen molar-refractivity contribution in [2.75, 3.05) is 13.1 Å². The Balaban J connectivity index is 1.39. The van der Waals surface area contributed by atoms with Crippen LogP contribution in [0.1, 0.15) is 54.0 Å². The predicted octanol–water partition coefficient (Wildman–Crippen LogP) is 3.90. The van der Waals surface area contributed by atoms with Gasteiger partial charge in [-0.25, -0.2) is 8.42 Å². The van der Waals surface area contributed by atoms with Crippen LogP contribution in [0.4, 0.5) is 0 Å². The molecule has 0 aromatic heterocycles. The van der Waals surface area contributed by atoms with Crippen molar-refractivity contribution in [1.82, 2.24) is 9.62 Å². The van der Waals surface area contributed by atoms with Crippen molar-refractivity contribution in [2.24, 2.45) is 5.92 Å². The number of rotatable bonds is 4. The highest BCUT2D eigenvalue weighted by Gasteiger charge is 2.33. The van der Waals surface area contributed by atoms with Gasteiger partial charge >= 0.3 is 0 Å². The lowest BCUT2D eigenvalue weighted by atomic mass is 9.87. The van der Waals surface area contributed by atoms with Gasteiger partial charge in [0.25, 0.3) is 0 Å². The lowest BCUT2D eigenvalue weighted by Crippen LogP contribution is -2.44. The number of nitrogens with zero attached hydrogens (tertiary/aromatic N) is 1. The Morgan fingerprint density at radius 2 is 1.73 bits per heavy atom. The van der Waals surface area contributed by atoms with Crippen LogP contribution in [0.5, 0.6) is 0 Å². The average Bonchev–Trinajstić information content (AvgIpc) is 2.76. The summed E-state index contributed by atoms with van der Waals surface area (Å²) in [6, 6.07) is 13.7. The van der Waals surface area contributed by atoms with E-state index in [1.54, 1.807) is 12.1 Å². The molecule has 0 spiro atoms. The number of carbonyl (C=O) groups excluding carboxylic acids is 1. The van der Waals surface area contributed by atoms with Crippen molar-refractivity contribution in [3.05, 3.63) is 64.7 Å². The first kappa shape index (κ1) is 21.1. The Bertz CT molecular complexity index is 1040.